The summed E-state index contributed by atoms with van der Waals surface area (Å²) in [5.41, 5.74) is 0.805. The van der Waals surface area contributed by atoms with Crippen molar-refractivity contribution in [2.75, 3.05) is 24.7 Å². The molecule has 2 aliphatic rings. The normalized spacial score (nSPS) is 22.1. The SMILES string of the molecule is CCCCCOc1ccc(C=C2SC(=S)N(C3CCS(=O)(=O)C3)C2=O)cc1OCC. The zero-order chi connectivity index (χ0) is 21.7. The minimum absolute atomic E-state index is 0.0225. The summed E-state index contributed by atoms with van der Waals surface area (Å²) in [6, 6.07) is 5.22. The van der Waals surface area contributed by atoms with Gasteiger partial charge >= 0.3 is 0 Å². The Bertz CT molecular complexity index is 942. The molecule has 9 heteroatoms. The van der Waals surface area contributed by atoms with Crippen LogP contribution in [0.15, 0.2) is 23.1 Å². The molecule has 1 unspecified atom stereocenters. The molecule has 1 atom stereocenters. The number of thioether (sulfide) groups is 1. The van der Waals surface area contributed by atoms with Crippen LogP contribution < -0.4 is 9.47 Å². The van der Waals surface area contributed by atoms with Crippen molar-refractivity contribution < 1.29 is 22.7 Å². The van der Waals surface area contributed by atoms with Gasteiger partial charge in [0, 0.05) is 0 Å². The van der Waals surface area contributed by atoms with Crippen molar-refractivity contribution in [2.24, 2.45) is 0 Å². The number of thiocarbonyl (C=S) groups is 1. The number of carbonyl (C=O) groups is 1. The van der Waals surface area contributed by atoms with E-state index in [0.717, 1.165) is 24.8 Å². The topological polar surface area (TPSA) is 72.9 Å². The standard InChI is InChI=1S/C21H27NO5S3/c1-3-5-6-10-27-17-8-7-15(12-18(17)26-4-2)13-19-20(23)22(21(28)29-19)16-9-11-30(24,25)14-16/h7-8,12-13,16H,3-6,9-11,14H2,1-2H3. The minimum atomic E-state index is -3.10. The quantitative estimate of drug-likeness (QED) is 0.307. The first kappa shape index (κ1) is 23.1. The van der Waals surface area contributed by atoms with Gasteiger partial charge in [-0.15, -0.1) is 0 Å². The van der Waals surface area contributed by atoms with Crippen LogP contribution in [0.5, 0.6) is 11.5 Å². The molecule has 2 saturated heterocycles. The molecule has 0 N–H and O–H groups in total. The number of hydrogen-bond donors (Lipinski definition) is 0. The predicted octanol–water partition coefficient (Wildman–Crippen LogP) is 4.04. The van der Waals surface area contributed by atoms with Gasteiger partial charge in [-0.3, -0.25) is 9.69 Å². The molecular weight excluding hydrogens is 442 g/mol. The maximum Gasteiger partial charge on any atom is 0.266 e. The van der Waals surface area contributed by atoms with Crippen molar-refractivity contribution in [3.63, 3.8) is 0 Å². The molecule has 0 bridgehead atoms. The third-order valence-corrected chi connectivity index (χ3v) is 8.05. The molecule has 0 spiro atoms. The number of benzene rings is 1. The minimum Gasteiger partial charge on any atom is -0.490 e. The van der Waals surface area contributed by atoms with Gasteiger partial charge in [-0.1, -0.05) is 49.8 Å². The number of unbranched alkanes of at least 4 members (excludes halogenated alkanes) is 2. The number of carbonyl (C=O) groups excluding carboxylic acids is 1. The van der Waals surface area contributed by atoms with Gasteiger partial charge in [0.25, 0.3) is 5.91 Å². The van der Waals surface area contributed by atoms with Gasteiger partial charge in [-0.25, -0.2) is 8.42 Å². The van der Waals surface area contributed by atoms with E-state index in [4.69, 9.17) is 21.7 Å². The highest BCUT2D eigenvalue weighted by Gasteiger charge is 2.42. The molecular formula is C21H27NO5S3. The summed E-state index contributed by atoms with van der Waals surface area (Å²) >= 11 is 6.58. The molecule has 0 aromatic heterocycles. The smallest absolute Gasteiger partial charge is 0.266 e. The first-order chi connectivity index (χ1) is 14.3. The molecule has 0 aliphatic carbocycles. The highest BCUT2D eigenvalue weighted by Crippen LogP contribution is 2.37. The number of amides is 1. The third kappa shape index (κ3) is 5.56. The summed E-state index contributed by atoms with van der Waals surface area (Å²) in [6.45, 7) is 5.20. The highest BCUT2D eigenvalue weighted by molar-refractivity contribution is 8.26. The van der Waals surface area contributed by atoms with Gasteiger partial charge in [0.2, 0.25) is 0 Å². The average Bonchev–Trinajstić information content (AvgIpc) is 3.18. The van der Waals surface area contributed by atoms with E-state index in [1.165, 1.54) is 16.7 Å². The summed E-state index contributed by atoms with van der Waals surface area (Å²) in [7, 11) is -3.10. The Morgan fingerprint density at radius 1 is 1.23 bits per heavy atom. The number of ether oxygens (including phenoxy) is 2. The predicted molar refractivity (Wildman–Crippen MR) is 125 cm³/mol. The molecule has 2 heterocycles. The van der Waals surface area contributed by atoms with Crippen molar-refractivity contribution >= 4 is 50.1 Å². The summed E-state index contributed by atoms with van der Waals surface area (Å²) in [5, 5.41) is 0. The molecule has 0 saturated carbocycles. The van der Waals surface area contributed by atoms with E-state index in [1.807, 2.05) is 25.1 Å². The summed E-state index contributed by atoms with van der Waals surface area (Å²) in [4.78, 5) is 14.8. The van der Waals surface area contributed by atoms with E-state index >= 15 is 0 Å². The Hall–Kier alpha value is -1.58. The van der Waals surface area contributed by atoms with E-state index in [2.05, 4.69) is 6.92 Å². The molecule has 2 fully saturated rings. The van der Waals surface area contributed by atoms with Crippen LogP contribution in [0.1, 0.15) is 45.1 Å². The van der Waals surface area contributed by atoms with Crippen LogP contribution in [0.4, 0.5) is 0 Å². The first-order valence-electron chi connectivity index (χ1n) is 10.2. The van der Waals surface area contributed by atoms with E-state index in [9.17, 15) is 13.2 Å². The molecule has 6 nitrogen and oxygen atoms in total. The number of rotatable bonds is 9. The second kappa shape index (κ2) is 10.2. The molecule has 0 radical (unpaired) electrons. The van der Waals surface area contributed by atoms with E-state index in [1.54, 1.807) is 6.08 Å². The number of sulfone groups is 1. The van der Waals surface area contributed by atoms with Crippen molar-refractivity contribution in [2.45, 2.75) is 45.6 Å². The molecule has 1 aromatic rings. The van der Waals surface area contributed by atoms with Crippen LogP contribution in [0.3, 0.4) is 0 Å². The molecule has 1 amide bonds. The van der Waals surface area contributed by atoms with Gasteiger partial charge in [0.05, 0.1) is 35.7 Å². The van der Waals surface area contributed by atoms with Crippen LogP contribution in [0, 0.1) is 0 Å². The van der Waals surface area contributed by atoms with Gasteiger partial charge in [-0.05, 0) is 43.5 Å². The first-order valence-corrected chi connectivity index (χ1v) is 13.3. The van der Waals surface area contributed by atoms with Crippen molar-refractivity contribution in [3.8, 4) is 11.5 Å². The molecule has 164 valence electrons. The average molecular weight is 470 g/mol. The zero-order valence-corrected chi connectivity index (χ0v) is 19.7. The molecule has 3 rings (SSSR count). The molecule has 1 aromatic carbocycles. The maximum absolute atomic E-state index is 12.9. The fourth-order valence-electron chi connectivity index (χ4n) is 3.46. The maximum atomic E-state index is 12.9. The highest BCUT2D eigenvalue weighted by atomic mass is 32.2. The van der Waals surface area contributed by atoms with Crippen LogP contribution >= 0.6 is 24.0 Å². The Morgan fingerprint density at radius 3 is 2.70 bits per heavy atom. The summed E-state index contributed by atoms with van der Waals surface area (Å²) < 4.78 is 35.6. The van der Waals surface area contributed by atoms with E-state index in [-0.39, 0.29) is 23.5 Å². The zero-order valence-electron chi connectivity index (χ0n) is 17.3. The van der Waals surface area contributed by atoms with Crippen LogP contribution in [0.2, 0.25) is 0 Å². The Labute approximate surface area is 187 Å². The Morgan fingerprint density at radius 2 is 2.03 bits per heavy atom. The second-order valence-corrected chi connectivity index (χ2v) is 11.2. The van der Waals surface area contributed by atoms with Gasteiger partial charge in [-0.2, -0.15) is 0 Å². The number of hydrogen-bond acceptors (Lipinski definition) is 7. The van der Waals surface area contributed by atoms with Crippen LogP contribution in [-0.4, -0.2) is 54.3 Å². The van der Waals surface area contributed by atoms with E-state index < -0.39 is 9.84 Å². The summed E-state index contributed by atoms with van der Waals surface area (Å²) in [6.07, 6.45) is 5.44. The second-order valence-electron chi connectivity index (χ2n) is 7.30. The van der Waals surface area contributed by atoms with Crippen LogP contribution in [0.25, 0.3) is 6.08 Å². The molecule has 30 heavy (non-hydrogen) atoms. The number of nitrogens with zero attached hydrogens (tertiary/aromatic N) is 1. The third-order valence-electron chi connectivity index (χ3n) is 4.97. The molecule has 2 aliphatic heterocycles. The monoisotopic (exact) mass is 469 g/mol. The van der Waals surface area contributed by atoms with Gasteiger partial charge < -0.3 is 9.47 Å². The largest absolute Gasteiger partial charge is 0.490 e. The fraction of sp³-hybridized carbons (Fsp3) is 0.524. The van der Waals surface area contributed by atoms with E-state index in [0.29, 0.717) is 40.4 Å². The lowest BCUT2D eigenvalue weighted by atomic mass is 10.1. The fourth-order valence-corrected chi connectivity index (χ4v) is 6.56. The van der Waals surface area contributed by atoms with Crippen molar-refractivity contribution in [1.82, 2.24) is 4.90 Å². The van der Waals surface area contributed by atoms with Gasteiger partial charge in [0.1, 0.15) is 4.32 Å². The lowest BCUT2D eigenvalue weighted by molar-refractivity contribution is -0.123. The van der Waals surface area contributed by atoms with Crippen LogP contribution in [-0.2, 0) is 14.6 Å². The lowest BCUT2D eigenvalue weighted by Crippen LogP contribution is -2.39. The Kier molecular flexibility index (Phi) is 7.81. The van der Waals surface area contributed by atoms with Crippen molar-refractivity contribution in [3.05, 3.63) is 28.7 Å². The lowest BCUT2D eigenvalue weighted by Gasteiger charge is -2.20. The van der Waals surface area contributed by atoms with Gasteiger partial charge in [0.15, 0.2) is 21.3 Å². The summed E-state index contributed by atoms with van der Waals surface area (Å²) in [5.74, 6) is 1.18. The Balaban J connectivity index is 1.76. The van der Waals surface area contributed by atoms with Crippen molar-refractivity contribution in [1.29, 1.82) is 0 Å².